The molecule has 18 heavy (non-hydrogen) atoms. The molecule has 0 bridgehead atoms. The van der Waals surface area contributed by atoms with E-state index in [1.807, 2.05) is 4.98 Å². The summed E-state index contributed by atoms with van der Waals surface area (Å²) in [7, 11) is 1.20. The molecule has 2 N–H and O–H groups in total. The molecule has 0 aliphatic rings. The highest BCUT2D eigenvalue weighted by molar-refractivity contribution is 5.94. The van der Waals surface area contributed by atoms with Crippen LogP contribution in [0.2, 0.25) is 0 Å². The number of likely N-dealkylation sites (N-methyl/N-ethyl adjacent to an activating group) is 1. The minimum absolute atomic E-state index is 0.172. The van der Waals surface area contributed by atoms with Gasteiger partial charge in [0.05, 0.1) is 7.11 Å². The number of aromatic nitrogens is 2. The van der Waals surface area contributed by atoms with Gasteiger partial charge < -0.3 is 14.6 Å². The van der Waals surface area contributed by atoms with Gasteiger partial charge in [0.2, 0.25) is 0 Å². The second-order valence-corrected chi connectivity index (χ2v) is 3.40. The molecule has 8 nitrogen and oxygen atoms in total. The van der Waals surface area contributed by atoms with Crippen molar-refractivity contribution in [2.45, 2.75) is 6.92 Å². The largest absolute Gasteiger partial charge is 0.468 e. The number of methoxy groups -OCH3 is 1. The Labute approximate surface area is 102 Å². The van der Waals surface area contributed by atoms with Crippen molar-refractivity contribution in [2.75, 3.05) is 20.2 Å². The molecule has 0 spiro atoms. The smallest absolute Gasteiger partial charge is 0.326 e. The van der Waals surface area contributed by atoms with Crippen LogP contribution in [0.15, 0.2) is 15.7 Å². The first-order chi connectivity index (χ1) is 8.47. The van der Waals surface area contributed by atoms with Crippen molar-refractivity contribution >= 4 is 11.9 Å². The number of esters is 1. The fraction of sp³-hybridized carbons (Fsp3) is 0.400. The monoisotopic (exact) mass is 255 g/mol. The third-order valence-electron chi connectivity index (χ3n) is 2.21. The number of carbonyl (C=O) groups excluding carboxylic acids is 2. The zero-order chi connectivity index (χ0) is 13.7. The van der Waals surface area contributed by atoms with Gasteiger partial charge in [0.25, 0.3) is 11.5 Å². The molecule has 0 unspecified atom stereocenters. The Morgan fingerprint density at radius 2 is 2.00 bits per heavy atom. The summed E-state index contributed by atoms with van der Waals surface area (Å²) < 4.78 is 4.44. The van der Waals surface area contributed by atoms with Gasteiger partial charge in [0, 0.05) is 12.6 Å². The van der Waals surface area contributed by atoms with E-state index in [0.29, 0.717) is 0 Å². The lowest BCUT2D eigenvalue weighted by Gasteiger charge is -2.18. The first-order valence-corrected chi connectivity index (χ1v) is 5.17. The van der Waals surface area contributed by atoms with Crippen molar-refractivity contribution in [3.05, 3.63) is 32.6 Å². The molecule has 0 radical (unpaired) electrons. The van der Waals surface area contributed by atoms with Crippen molar-refractivity contribution in [1.82, 2.24) is 14.9 Å². The molecule has 0 aliphatic heterocycles. The second-order valence-electron chi connectivity index (χ2n) is 3.40. The molecule has 0 aliphatic carbocycles. The maximum atomic E-state index is 11.9. The summed E-state index contributed by atoms with van der Waals surface area (Å²) in [5, 5.41) is 0. The summed E-state index contributed by atoms with van der Waals surface area (Å²) in [5.41, 5.74) is -1.63. The average molecular weight is 255 g/mol. The van der Waals surface area contributed by atoms with Gasteiger partial charge in [-0.05, 0) is 6.92 Å². The van der Waals surface area contributed by atoms with Gasteiger partial charge in [-0.25, -0.2) is 4.79 Å². The van der Waals surface area contributed by atoms with E-state index >= 15 is 0 Å². The predicted octanol–water partition coefficient (Wildman–Crippen LogP) is -1.30. The molecule has 0 saturated carbocycles. The summed E-state index contributed by atoms with van der Waals surface area (Å²) in [6.07, 6.45) is 0. The van der Waals surface area contributed by atoms with E-state index in [1.54, 1.807) is 6.92 Å². The number of hydrogen-bond acceptors (Lipinski definition) is 5. The van der Waals surface area contributed by atoms with E-state index in [-0.39, 0.29) is 18.8 Å². The van der Waals surface area contributed by atoms with Crippen LogP contribution in [0.25, 0.3) is 0 Å². The van der Waals surface area contributed by atoms with Crippen LogP contribution in [-0.4, -0.2) is 46.9 Å². The quantitative estimate of drug-likeness (QED) is 0.649. The number of amides is 1. The number of aromatic amines is 2. The number of hydrogen-bond donors (Lipinski definition) is 2. The number of ether oxygens (including phenoxy) is 1. The molecule has 8 heteroatoms. The Morgan fingerprint density at radius 1 is 1.33 bits per heavy atom. The molecule has 0 atom stereocenters. The van der Waals surface area contributed by atoms with E-state index in [4.69, 9.17) is 0 Å². The molecule has 1 aromatic rings. The zero-order valence-corrected chi connectivity index (χ0v) is 9.98. The van der Waals surface area contributed by atoms with Crippen molar-refractivity contribution in [2.24, 2.45) is 0 Å². The van der Waals surface area contributed by atoms with Crippen LogP contribution in [0.1, 0.15) is 17.4 Å². The van der Waals surface area contributed by atoms with Crippen LogP contribution < -0.4 is 11.2 Å². The Kier molecular flexibility index (Phi) is 4.41. The van der Waals surface area contributed by atoms with Gasteiger partial charge in [-0.1, -0.05) is 0 Å². The van der Waals surface area contributed by atoms with E-state index in [2.05, 4.69) is 9.72 Å². The zero-order valence-electron chi connectivity index (χ0n) is 9.98. The van der Waals surface area contributed by atoms with Gasteiger partial charge in [-0.2, -0.15) is 0 Å². The molecule has 98 valence electrons. The number of carbonyl (C=O) groups is 2. The van der Waals surface area contributed by atoms with Gasteiger partial charge in [-0.3, -0.25) is 19.4 Å². The maximum absolute atomic E-state index is 11.9. The first kappa shape index (κ1) is 13.7. The second kappa shape index (κ2) is 5.80. The minimum atomic E-state index is -0.778. The standard InChI is InChI=1S/C10H13N3O5/c1-3-13(5-8(15)18-2)9(16)6-4-7(14)12-10(17)11-6/h4H,3,5H2,1-2H3,(H2,11,12,14,17). The third-order valence-corrected chi connectivity index (χ3v) is 2.21. The van der Waals surface area contributed by atoms with Gasteiger partial charge >= 0.3 is 11.7 Å². The molecule has 1 aromatic heterocycles. The van der Waals surface area contributed by atoms with Crippen molar-refractivity contribution in [3.8, 4) is 0 Å². The topological polar surface area (TPSA) is 112 Å². The molecule has 0 aromatic carbocycles. The number of nitrogens with zero attached hydrogens (tertiary/aromatic N) is 1. The normalized spacial score (nSPS) is 9.89. The van der Waals surface area contributed by atoms with Crippen molar-refractivity contribution < 1.29 is 14.3 Å². The van der Waals surface area contributed by atoms with Crippen molar-refractivity contribution in [1.29, 1.82) is 0 Å². The summed E-state index contributed by atoms with van der Waals surface area (Å²) in [4.78, 5) is 50.4. The highest BCUT2D eigenvalue weighted by atomic mass is 16.5. The van der Waals surface area contributed by atoms with Gasteiger partial charge in [-0.15, -0.1) is 0 Å². The molecular weight excluding hydrogens is 242 g/mol. The van der Waals surface area contributed by atoms with E-state index in [9.17, 15) is 19.2 Å². The lowest BCUT2D eigenvalue weighted by molar-refractivity contribution is -0.141. The van der Waals surface area contributed by atoms with Crippen LogP contribution in [0, 0.1) is 0 Å². The maximum Gasteiger partial charge on any atom is 0.326 e. The Morgan fingerprint density at radius 3 is 2.50 bits per heavy atom. The molecule has 1 rings (SSSR count). The SMILES string of the molecule is CCN(CC(=O)OC)C(=O)c1cc(=O)[nH]c(=O)[nH]1. The summed E-state index contributed by atoms with van der Waals surface area (Å²) in [5.74, 6) is -1.21. The molecule has 0 saturated heterocycles. The van der Waals surface area contributed by atoms with Crippen LogP contribution >= 0.6 is 0 Å². The number of H-pyrrole nitrogens is 2. The van der Waals surface area contributed by atoms with E-state index < -0.39 is 23.1 Å². The lowest BCUT2D eigenvalue weighted by atomic mass is 10.3. The first-order valence-electron chi connectivity index (χ1n) is 5.17. The fourth-order valence-corrected chi connectivity index (χ4v) is 1.30. The van der Waals surface area contributed by atoms with Crippen LogP contribution in [0.4, 0.5) is 0 Å². The predicted molar refractivity (Wildman–Crippen MR) is 61.3 cm³/mol. The lowest BCUT2D eigenvalue weighted by Crippen LogP contribution is -2.38. The van der Waals surface area contributed by atoms with Crippen LogP contribution in [-0.2, 0) is 9.53 Å². The summed E-state index contributed by atoms with van der Waals surface area (Å²) in [6, 6.07) is 0.962. The Hall–Kier alpha value is -2.38. The Bertz CT molecular complexity index is 531. The summed E-state index contributed by atoms with van der Waals surface area (Å²) in [6.45, 7) is 1.65. The van der Waals surface area contributed by atoms with E-state index in [1.165, 1.54) is 7.11 Å². The summed E-state index contributed by atoms with van der Waals surface area (Å²) >= 11 is 0. The molecular formula is C10H13N3O5. The molecule has 1 amide bonds. The Balaban J connectivity index is 3.00. The number of nitrogens with one attached hydrogen (secondary N) is 2. The van der Waals surface area contributed by atoms with Crippen LogP contribution in [0.3, 0.4) is 0 Å². The number of rotatable bonds is 4. The highest BCUT2D eigenvalue weighted by Crippen LogP contribution is 1.98. The minimum Gasteiger partial charge on any atom is -0.468 e. The van der Waals surface area contributed by atoms with Crippen molar-refractivity contribution in [3.63, 3.8) is 0 Å². The van der Waals surface area contributed by atoms with Gasteiger partial charge in [0.15, 0.2) is 0 Å². The average Bonchev–Trinajstić information content (AvgIpc) is 2.33. The van der Waals surface area contributed by atoms with Crippen LogP contribution in [0.5, 0.6) is 0 Å². The van der Waals surface area contributed by atoms with E-state index in [0.717, 1.165) is 11.0 Å². The molecule has 0 fully saturated rings. The fourth-order valence-electron chi connectivity index (χ4n) is 1.30. The highest BCUT2D eigenvalue weighted by Gasteiger charge is 2.18. The third kappa shape index (κ3) is 3.30. The molecule has 1 heterocycles. The van der Waals surface area contributed by atoms with Gasteiger partial charge in [0.1, 0.15) is 12.2 Å².